The van der Waals surface area contributed by atoms with E-state index in [4.69, 9.17) is 9.26 Å². The lowest BCUT2D eigenvalue weighted by Gasteiger charge is -2.31. The second-order valence-corrected chi connectivity index (χ2v) is 10.0. The molecule has 0 saturated carbocycles. The molecular weight excluding hydrogens is 390 g/mol. The molecule has 0 bridgehead atoms. The number of sulfonamides is 1. The molecule has 3 heterocycles. The maximum atomic E-state index is 12.7. The molecule has 29 heavy (non-hydrogen) atoms. The highest BCUT2D eigenvalue weighted by Gasteiger charge is 2.28. The Morgan fingerprint density at radius 2 is 1.76 bits per heavy atom. The van der Waals surface area contributed by atoms with Gasteiger partial charge in [0.2, 0.25) is 15.9 Å². The van der Waals surface area contributed by atoms with E-state index in [0.29, 0.717) is 24.9 Å². The first-order valence-corrected chi connectivity index (χ1v) is 12.1. The van der Waals surface area contributed by atoms with Crippen molar-refractivity contribution in [1.82, 2.24) is 14.4 Å². The van der Waals surface area contributed by atoms with Crippen LogP contribution in [0.4, 0.5) is 0 Å². The summed E-state index contributed by atoms with van der Waals surface area (Å²) in [6, 6.07) is 9.39. The van der Waals surface area contributed by atoms with Crippen LogP contribution in [0.15, 0.2) is 34.9 Å². The number of nitrogens with zero attached hydrogens (tertiary/aromatic N) is 3. The first kappa shape index (κ1) is 20.5. The lowest BCUT2D eigenvalue weighted by molar-refractivity contribution is 0.0778. The molecule has 2 fully saturated rings. The molecule has 2 aliphatic heterocycles. The van der Waals surface area contributed by atoms with Crippen LogP contribution >= 0.6 is 0 Å². The van der Waals surface area contributed by atoms with Crippen molar-refractivity contribution in [1.29, 1.82) is 0 Å². The van der Waals surface area contributed by atoms with Crippen molar-refractivity contribution >= 4 is 10.0 Å². The summed E-state index contributed by atoms with van der Waals surface area (Å²) in [7, 11) is -3.25. The second-order valence-electron chi connectivity index (χ2n) is 8.06. The number of aryl methyl sites for hydroxylation is 1. The first-order valence-electron chi connectivity index (χ1n) is 10.5. The van der Waals surface area contributed by atoms with E-state index >= 15 is 0 Å². The summed E-state index contributed by atoms with van der Waals surface area (Å²) in [6.07, 6.45) is 5.42. The van der Waals surface area contributed by atoms with Crippen molar-refractivity contribution in [2.45, 2.75) is 50.2 Å². The fraction of sp³-hybridized carbons (Fsp3) is 0.619. The van der Waals surface area contributed by atoms with Gasteiger partial charge >= 0.3 is 0 Å². The zero-order valence-electron chi connectivity index (χ0n) is 16.7. The van der Waals surface area contributed by atoms with Crippen molar-refractivity contribution in [2.75, 3.05) is 26.3 Å². The van der Waals surface area contributed by atoms with Crippen molar-refractivity contribution in [3.05, 3.63) is 47.6 Å². The van der Waals surface area contributed by atoms with Gasteiger partial charge in [-0.05, 0) is 43.6 Å². The van der Waals surface area contributed by atoms with Gasteiger partial charge in [-0.2, -0.15) is 4.98 Å². The Hall–Kier alpha value is -1.77. The molecule has 8 heteroatoms. The van der Waals surface area contributed by atoms with E-state index in [9.17, 15) is 8.42 Å². The molecule has 2 saturated heterocycles. The van der Waals surface area contributed by atoms with Crippen LogP contribution < -0.4 is 0 Å². The van der Waals surface area contributed by atoms with Crippen molar-refractivity contribution in [2.24, 2.45) is 5.92 Å². The third kappa shape index (κ3) is 5.43. The molecule has 4 rings (SSSR count). The Kier molecular flexibility index (Phi) is 6.62. The second kappa shape index (κ2) is 9.36. The molecule has 0 atom stereocenters. The van der Waals surface area contributed by atoms with Crippen LogP contribution in [0.2, 0.25) is 0 Å². The van der Waals surface area contributed by atoms with E-state index in [0.717, 1.165) is 69.0 Å². The number of piperidine rings is 1. The molecule has 2 aliphatic rings. The number of ether oxygens (including phenoxy) is 1. The van der Waals surface area contributed by atoms with Gasteiger partial charge in [0.1, 0.15) is 0 Å². The summed E-state index contributed by atoms with van der Waals surface area (Å²) in [5, 5.41) is 4.14. The van der Waals surface area contributed by atoms with Gasteiger partial charge in [0.05, 0.1) is 5.75 Å². The Bertz CT molecular complexity index is 870. The zero-order valence-corrected chi connectivity index (χ0v) is 17.5. The standard InChI is InChI=1S/C21H29N3O4S/c25-29(26,16-18-4-2-1-3-5-18)24-12-8-17(9-13-24)6-7-20-22-21(28-23-20)19-10-14-27-15-11-19/h1-5,17,19H,6-16H2. The molecule has 0 radical (unpaired) electrons. The SMILES string of the molecule is O=S(=O)(Cc1ccccc1)N1CCC(CCc2noc(C3CCOCC3)n2)CC1. The summed E-state index contributed by atoms with van der Waals surface area (Å²) in [6.45, 7) is 2.71. The minimum absolute atomic E-state index is 0.0797. The zero-order chi connectivity index (χ0) is 20.1. The molecule has 0 N–H and O–H groups in total. The monoisotopic (exact) mass is 419 g/mol. The lowest BCUT2D eigenvalue weighted by Crippen LogP contribution is -2.39. The summed E-state index contributed by atoms with van der Waals surface area (Å²) >= 11 is 0. The highest BCUT2D eigenvalue weighted by molar-refractivity contribution is 7.88. The maximum Gasteiger partial charge on any atom is 0.229 e. The van der Waals surface area contributed by atoms with Gasteiger partial charge in [0.15, 0.2) is 5.82 Å². The van der Waals surface area contributed by atoms with Gasteiger partial charge in [0.25, 0.3) is 0 Å². The van der Waals surface area contributed by atoms with Crippen LogP contribution in [-0.4, -0.2) is 49.2 Å². The van der Waals surface area contributed by atoms with Gasteiger partial charge in [-0.25, -0.2) is 12.7 Å². The largest absolute Gasteiger partial charge is 0.381 e. The quantitative estimate of drug-likeness (QED) is 0.685. The Morgan fingerprint density at radius 1 is 1.03 bits per heavy atom. The molecule has 1 aromatic heterocycles. The van der Waals surface area contributed by atoms with Crippen LogP contribution in [0.1, 0.15) is 55.3 Å². The topological polar surface area (TPSA) is 85.5 Å². The fourth-order valence-corrected chi connectivity index (χ4v) is 5.73. The molecular formula is C21H29N3O4S. The van der Waals surface area contributed by atoms with E-state index in [1.54, 1.807) is 4.31 Å². The number of hydrogen-bond acceptors (Lipinski definition) is 6. The van der Waals surface area contributed by atoms with Gasteiger partial charge in [0, 0.05) is 38.6 Å². The predicted molar refractivity (Wildman–Crippen MR) is 109 cm³/mol. The fourth-order valence-electron chi connectivity index (χ4n) is 4.16. The normalized spacial score (nSPS) is 20.1. The number of hydrogen-bond donors (Lipinski definition) is 0. The number of aromatic nitrogens is 2. The Labute approximate surface area is 172 Å². The van der Waals surface area contributed by atoms with E-state index in [1.807, 2.05) is 30.3 Å². The van der Waals surface area contributed by atoms with Gasteiger partial charge in [-0.3, -0.25) is 0 Å². The van der Waals surface area contributed by atoms with Crippen LogP contribution in [0.3, 0.4) is 0 Å². The van der Waals surface area contributed by atoms with Crippen molar-refractivity contribution in [3.8, 4) is 0 Å². The average molecular weight is 420 g/mol. The summed E-state index contributed by atoms with van der Waals surface area (Å²) in [5.41, 5.74) is 0.840. The summed E-state index contributed by atoms with van der Waals surface area (Å²) in [4.78, 5) is 4.58. The molecule has 0 aliphatic carbocycles. The van der Waals surface area contributed by atoms with Crippen molar-refractivity contribution in [3.63, 3.8) is 0 Å². The predicted octanol–water partition coefficient (Wildman–Crippen LogP) is 3.14. The van der Waals surface area contributed by atoms with E-state index < -0.39 is 10.0 Å². The third-order valence-corrected chi connectivity index (χ3v) is 7.84. The van der Waals surface area contributed by atoms with Gasteiger partial charge in [-0.1, -0.05) is 35.5 Å². The van der Waals surface area contributed by atoms with Gasteiger partial charge in [-0.15, -0.1) is 0 Å². The first-order chi connectivity index (χ1) is 14.1. The number of rotatable bonds is 7. The summed E-state index contributed by atoms with van der Waals surface area (Å²) in [5.74, 6) is 2.41. The lowest BCUT2D eigenvalue weighted by atomic mass is 9.93. The van der Waals surface area contributed by atoms with E-state index in [-0.39, 0.29) is 5.75 Å². The van der Waals surface area contributed by atoms with Crippen LogP contribution in [0, 0.1) is 5.92 Å². The Morgan fingerprint density at radius 3 is 2.48 bits per heavy atom. The average Bonchev–Trinajstić information content (AvgIpc) is 3.23. The third-order valence-electron chi connectivity index (χ3n) is 5.99. The van der Waals surface area contributed by atoms with Crippen LogP contribution in [-0.2, 0) is 26.9 Å². The maximum absolute atomic E-state index is 12.7. The highest BCUT2D eigenvalue weighted by Crippen LogP contribution is 2.27. The van der Waals surface area contributed by atoms with Crippen LogP contribution in [0.5, 0.6) is 0 Å². The molecule has 2 aromatic rings. The van der Waals surface area contributed by atoms with Gasteiger partial charge < -0.3 is 9.26 Å². The molecule has 0 amide bonds. The van der Waals surface area contributed by atoms with Crippen LogP contribution in [0.25, 0.3) is 0 Å². The molecule has 158 valence electrons. The molecule has 7 nitrogen and oxygen atoms in total. The molecule has 1 aromatic carbocycles. The van der Waals surface area contributed by atoms with E-state index in [1.165, 1.54) is 0 Å². The van der Waals surface area contributed by atoms with E-state index in [2.05, 4.69) is 10.1 Å². The minimum atomic E-state index is -3.25. The molecule has 0 unspecified atom stereocenters. The smallest absolute Gasteiger partial charge is 0.229 e. The minimum Gasteiger partial charge on any atom is -0.381 e. The Balaban J connectivity index is 1.23. The van der Waals surface area contributed by atoms with Crippen molar-refractivity contribution < 1.29 is 17.7 Å². The number of benzene rings is 1. The summed E-state index contributed by atoms with van der Waals surface area (Å²) < 4.78 is 37.8. The highest BCUT2D eigenvalue weighted by atomic mass is 32.2. The molecule has 0 spiro atoms.